The fourth-order valence-electron chi connectivity index (χ4n) is 2.21. The van der Waals surface area contributed by atoms with Crippen LogP contribution in [0.2, 0.25) is 0 Å². The number of amides is 1. The Balaban J connectivity index is 2.20. The lowest BCUT2D eigenvalue weighted by molar-refractivity contribution is 0.0785. The number of carbonyl (C=O) groups is 1. The number of sulfonamides is 1. The fourth-order valence-corrected chi connectivity index (χ4v) is 2.83. The van der Waals surface area contributed by atoms with Crippen LogP contribution in [0.4, 0.5) is 5.69 Å². The van der Waals surface area contributed by atoms with Gasteiger partial charge in [-0.05, 0) is 30.2 Å². The largest absolute Gasteiger partial charge is 0.337 e. The van der Waals surface area contributed by atoms with Crippen molar-refractivity contribution in [3.63, 3.8) is 0 Å². The van der Waals surface area contributed by atoms with Crippen molar-refractivity contribution in [3.8, 4) is 0 Å². The molecule has 0 bridgehead atoms. The molecule has 0 unspecified atom stereocenters. The van der Waals surface area contributed by atoms with Gasteiger partial charge in [-0.1, -0.05) is 36.4 Å². The zero-order valence-corrected chi connectivity index (χ0v) is 14.2. The van der Waals surface area contributed by atoms with Crippen molar-refractivity contribution in [1.29, 1.82) is 0 Å². The molecule has 0 atom stereocenters. The second kappa shape index (κ2) is 6.83. The average Bonchev–Trinajstić information content (AvgIpc) is 2.48. The summed E-state index contributed by atoms with van der Waals surface area (Å²) in [6.45, 7) is 2.28. The molecule has 0 radical (unpaired) electrons. The maximum Gasteiger partial charge on any atom is 0.253 e. The minimum absolute atomic E-state index is 0.162. The van der Waals surface area contributed by atoms with Gasteiger partial charge in [0.25, 0.3) is 5.91 Å². The average molecular weight is 332 g/mol. The fraction of sp³-hybridized carbons (Fsp3) is 0.235. The first-order valence-corrected chi connectivity index (χ1v) is 9.03. The lowest BCUT2D eigenvalue weighted by Crippen LogP contribution is -2.26. The molecule has 2 aromatic rings. The Morgan fingerprint density at radius 2 is 1.78 bits per heavy atom. The molecule has 122 valence electrons. The highest BCUT2D eigenvalue weighted by atomic mass is 32.2. The van der Waals surface area contributed by atoms with E-state index in [-0.39, 0.29) is 5.91 Å². The summed E-state index contributed by atoms with van der Waals surface area (Å²) in [6, 6.07) is 14.7. The summed E-state index contributed by atoms with van der Waals surface area (Å²) in [6.07, 6.45) is 1.09. The van der Waals surface area contributed by atoms with Gasteiger partial charge in [-0.15, -0.1) is 0 Å². The minimum atomic E-state index is -3.39. The molecule has 0 aliphatic rings. The van der Waals surface area contributed by atoms with E-state index in [9.17, 15) is 13.2 Å². The summed E-state index contributed by atoms with van der Waals surface area (Å²) in [5.41, 5.74) is 2.66. The van der Waals surface area contributed by atoms with Crippen LogP contribution in [0.15, 0.2) is 48.5 Å². The summed E-state index contributed by atoms with van der Waals surface area (Å²) in [5.74, 6) is -0.162. The number of anilines is 1. The normalized spacial score (nSPS) is 11.1. The van der Waals surface area contributed by atoms with Crippen molar-refractivity contribution in [1.82, 2.24) is 4.90 Å². The molecule has 0 fully saturated rings. The maximum absolute atomic E-state index is 12.5. The van der Waals surface area contributed by atoms with Crippen molar-refractivity contribution < 1.29 is 13.2 Å². The van der Waals surface area contributed by atoms with Crippen LogP contribution >= 0.6 is 0 Å². The molecule has 0 aliphatic heterocycles. The van der Waals surface area contributed by atoms with Crippen LogP contribution < -0.4 is 4.72 Å². The zero-order chi connectivity index (χ0) is 17.0. The first kappa shape index (κ1) is 17.0. The van der Waals surface area contributed by atoms with E-state index in [4.69, 9.17) is 0 Å². The summed E-state index contributed by atoms with van der Waals surface area (Å²) < 4.78 is 25.2. The van der Waals surface area contributed by atoms with Crippen LogP contribution in [0, 0.1) is 6.92 Å². The number of aryl methyl sites for hydroxylation is 1. The summed E-state index contributed by atoms with van der Waals surface area (Å²) in [7, 11) is -1.66. The maximum atomic E-state index is 12.5. The second-order valence-electron chi connectivity index (χ2n) is 5.55. The SMILES string of the molecule is Cc1ccc(C(=O)N(C)Cc2ccccc2)cc1NS(C)(=O)=O. The van der Waals surface area contributed by atoms with Gasteiger partial charge in [0, 0.05) is 19.2 Å². The van der Waals surface area contributed by atoms with E-state index in [0.717, 1.165) is 17.4 Å². The van der Waals surface area contributed by atoms with Crippen LogP contribution in [0.3, 0.4) is 0 Å². The van der Waals surface area contributed by atoms with Gasteiger partial charge in [-0.2, -0.15) is 0 Å². The Kier molecular flexibility index (Phi) is 5.05. The molecule has 0 saturated carbocycles. The predicted molar refractivity (Wildman–Crippen MR) is 91.9 cm³/mol. The molecular weight excluding hydrogens is 312 g/mol. The number of rotatable bonds is 5. The van der Waals surface area contributed by atoms with Gasteiger partial charge in [-0.25, -0.2) is 8.42 Å². The molecule has 0 spiro atoms. The van der Waals surface area contributed by atoms with Gasteiger partial charge in [0.15, 0.2) is 0 Å². The smallest absolute Gasteiger partial charge is 0.253 e. The van der Waals surface area contributed by atoms with E-state index >= 15 is 0 Å². The topological polar surface area (TPSA) is 66.5 Å². The van der Waals surface area contributed by atoms with E-state index in [1.165, 1.54) is 0 Å². The van der Waals surface area contributed by atoms with Gasteiger partial charge in [-0.3, -0.25) is 9.52 Å². The third-order valence-corrected chi connectivity index (χ3v) is 3.98. The first-order chi connectivity index (χ1) is 10.8. The van der Waals surface area contributed by atoms with E-state index in [0.29, 0.717) is 17.8 Å². The van der Waals surface area contributed by atoms with Crippen molar-refractivity contribution in [3.05, 3.63) is 65.2 Å². The molecule has 23 heavy (non-hydrogen) atoms. The zero-order valence-electron chi connectivity index (χ0n) is 13.4. The molecule has 0 aliphatic carbocycles. The van der Waals surface area contributed by atoms with E-state index in [1.807, 2.05) is 30.3 Å². The number of nitrogens with one attached hydrogen (secondary N) is 1. The lowest BCUT2D eigenvalue weighted by atomic mass is 10.1. The first-order valence-electron chi connectivity index (χ1n) is 7.14. The Morgan fingerprint density at radius 3 is 2.39 bits per heavy atom. The number of nitrogens with zero attached hydrogens (tertiary/aromatic N) is 1. The summed E-state index contributed by atoms with van der Waals surface area (Å²) in [4.78, 5) is 14.1. The van der Waals surface area contributed by atoms with Crippen molar-refractivity contribution in [2.45, 2.75) is 13.5 Å². The number of benzene rings is 2. The molecule has 2 rings (SSSR count). The van der Waals surface area contributed by atoms with Crippen molar-refractivity contribution >= 4 is 21.6 Å². The monoisotopic (exact) mass is 332 g/mol. The van der Waals surface area contributed by atoms with Gasteiger partial charge >= 0.3 is 0 Å². The highest BCUT2D eigenvalue weighted by Gasteiger charge is 2.14. The Morgan fingerprint density at radius 1 is 1.13 bits per heavy atom. The van der Waals surface area contributed by atoms with Crippen LogP contribution in [-0.2, 0) is 16.6 Å². The Labute approximate surface area is 137 Å². The van der Waals surface area contributed by atoms with Crippen molar-refractivity contribution in [2.24, 2.45) is 0 Å². The van der Waals surface area contributed by atoms with Gasteiger partial charge < -0.3 is 4.90 Å². The summed E-state index contributed by atoms with van der Waals surface area (Å²) >= 11 is 0. The lowest BCUT2D eigenvalue weighted by Gasteiger charge is -2.18. The minimum Gasteiger partial charge on any atom is -0.337 e. The van der Waals surface area contributed by atoms with E-state index in [2.05, 4.69) is 4.72 Å². The van der Waals surface area contributed by atoms with Gasteiger partial charge in [0.05, 0.1) is 11.9 Å². The van der Waals surface area contributed by atoms with E-state index in [1.54, 1.807) is 37.1 Å². The van der Waals surface area contributed by atoms with Crippen LogP contribution in [-0.4, -0.2) is 32.5 Å². The molecule has 0 saturated heterocycles. The highest BCUT2D eigenvalue weighted by molar-refractivity contribution is 7.92. The molecule has 1 N–H and O–H groups in total. The third kappa shape index (κ3) is 4.82. The molecule has 5 nitrogen and oxygen atoms in total. The predicted octanol–water partition coefficient (Wildman–Crippen LogP) is 2.64. The molecular formula is C17H20N2O3S. The molecule has 0 heterocycles. The van der Waals surface area contributed by atoms with Crippen LogP contribution in [0.1, 0.15) is 21.5 Å². The van der Waals surface area contributed by atoms with Gasteiger partial charge in [0.1, 0.15) is 0 Å². The van der Waals surface area contributed by atoms with E-state index < -0.39 is 10.0 Å². The Bertz CT molecular complexity index is 802. The third-order valence-electron chi connectivity index (χ3n) is 3.39. The molecule has 6 heteroatoms. The van der Waals surface area contributed by atoms with Crippen LogP contribution in [0.5, 0.6) is 0 Å². The standard InChI is InChI=1S/C17H20N2O3S/c1-13-9-10-15(11-16(13)18-23(3,21)22)17(20)19(2)12-14-7-5-4-6-8-14/h4-11,18H,12H2,1-3H3. The van der Waals surface area contributed by atoms with Crippen molar-refractivity contribution in [2.75, 3.05) is 18.0 Å². The Hall–Kier alpha value is -2.34. The molecule has 2 aromatic carbocycles. The van der Waals surface area contributed by atoms with Crippen LogP contribution in [0.25, 0.3) is 0 Å². The molecule has 1 amide bonds. The number of carbonyl (C=O) groups excluding carboxylic acids is 1. The summed E-state index contributed by atoms with van der Waals surface area (Å²) in [5, 5.41) is 0. The van der Waals surface area contributed by atoms with Gasteiger partial charge in [0.2, 0.25) is 10.0 Å². The second-order valence-corrected chi connectivity index (χ2v) is 7.30. The number of hydrogen-bond donors (Lipinski definition) is 1. The molecule has 0 aromatic heterocycles. The quantitative estimate of drug-likeness (QED) is 0.915. The highest BCUT2D eigenvalue weighted by Crippen LogP contribution is 2.19. The number of hydrogen-bond acceptors (Lipinski definition) is 3.